The minimum Gasteiger partial charge on any atom is -0.466 e. The lowest BCUT2D eigenvalue weighted by molar-refractivity contribution is -0.384. The molecular formula is C21H23N3O6. The van der Waals surface area contributed by atoms with Crippen LogP contribution in [0.2, 0.25) is 0 Å². The van der Waals surface area contributed by atoms with Gasteiger partial charge >= 0.3 is 5.97 Å². The van der Waals surface area contributed by atoms with Crippen LogP contribution >= 0.6 is 0 Å². The van der Waals surface area contributed by atoms with E-state index < -0.39 is 22.8 Å². The first-order valence-electron chi connectivity index (χ1n) is 9.37. The van der Waals surface area contributed by atoms with Crippen LogP contribution in [0.1, 0.15) is 42.2 Å². The highest BCUT2D eigenvalue weighted by Gasteiger charge is 2.23. The van der Waals surface area contributed by atoms with Crippen molar-refractivity contribution in [2.75, 3.05) is 18.5 Å². The maximum absolute atomic E-state index is 12.8. The topological polar surface area (TPSA) is 128 Å². The fourth-order valence-electron chi connectivity index (χ4n) is 2.78. The Hall–Kier alpha value is -3.75. The van der Waals surface area contributed by atoms with Crippen LogP contribution in [-0.2, 0) is 14.3 Å². The van der Waals surface area contributed by atoms with E-state index in [0.717, 1.165) is 0 Å². The number of non-ortho nitro benzene ring substituents is 1. The van der Waals surface area contributed by atoms with Crippen molar-refractivity contribution in [3.63, 3.8) is 0 Å². The van der Waals surface area contributed by atoms with E-state index in [2.05, 4.69) is 10.6 Å². The minimum atomic E-state index is -0.937. The lowest BCUT2D eigenvalue weighted by Gasteiger charge is -2.21. The number of Topliss-reactive ketones (excluding diaryl/α,β-unsaturated/α-hetero) is 1. The van der Waals surface area contributed by atoms with Crippen LogP contribution in [-0.4, -0.2) is 35.7 Å². The average molecular weight is 413 g/mol. The summed E-state index contributed by atoms with van der Waals surface area (Å²) in [6.07, 6.45) is 0.0105. The number of carbonyl (C=O) groups excluding carboxylic acids is 3. The second-order valence-electron chi connectivity index (χ2n) is 6.37. The third-order valence-electron chi connectivity index (χ3n) is 4.24. The van der Waals surface area contributed by atoms with Crippen LogP contribution in [0.15, 0.2) is 48.5 Å². The highest BCUT2D eigenvalue weighted by atomic mass is 16.6. The van der Waals surface area contributed by atoms with Crippen LogP contribution in [0.5, 0.6) is 0 Å². The number of hydrogen-bond acceptors (Lipinski definition) is 7. The van der Waals surface area contributed by atoms with Crippen molar-refractivity contribution in [2.24, 2.45) is 0 Å². The molecule has 0 saturated heterocycles. The number of amides is 1. The van der Waals surface area contributed by atoms with Crippen molar-refractivity contribution in [3.8, 4) is 0 Å². The smallest absolute Gasteiger partial charge is 0.307 e. The number of esters is 1. The summed E-state index contributed by atoms with van der Waals surface area (Å²) in [7, 11) is 0. The number of benzene rings is 2. The molecule has 2 aromatic carbocycles. The first-order valence-corrected chi connectivity index (χ1v) is 9.37. The number of rotatable bonds is 10. The standard InChI is InChI=1S/C21H23N3O6/c1-3-30-19(26)12-13-22-21(27)20(15-8-10-16(11-9-15)24(28)29)23-18-7-5-4-6-17(18)14(2)25/h4-11,20,23H,3,12-13H2,1-2H3,(H,22,27). The lowest BCUT2D eigenvalue weighted by atomic mass is 10.0. The van der Waals surface area contributed by atoms with Gasteiger partial charge in [0.2, 0.25) is 5.91 Å². The summed E-state index contributed by atoms with van der Waals surface area (Å²) in [5.74, 6) is -1.06. The molecule has 0 heterocycles. The summed E-state index contributed by atoms with van der Waals surface area (Å²) in [4.78, 5) is 46.6. The van der Waals surface area contributed by atoms with Gasteiger partial charge in [-0.25, -0.2) is 0 Å². The molecule has 0 radical (unpaired) electrons. The third kappa shape index (κ3) is 6.13. The molecule has 1 atom stereocenters. The Morgan fingerprint density at radius 2 is 1.77 bits per heavy atom. The molecule has 2 N–H and O–H groups in total. The van der Waals surface area contributed by atoms with E-state index in [4.69, 9.17) is 4.74 Å². The maximum Gasteiger partial charge on any atom is 0.307 e. The first-order chi connectivity index (χ1) is 14.3. The van der Waals surface area contributed by atoms with E-state index in [1.165, 1.54) is 31.2 Å². The van der Waals surface area contributed by atoms with Gasteiger partial charge in [0.1, 0.15) is 6.04 Å². The fourth-order valence-corrected chi connectivity index (χ4v) is 2.78. The molecule has 30 heavy (non-hydrogen) atoms. The van der Waals surface area contributed by atoms with Crippen LogP contribution in [0.3, 0.4) is 0 Å². The number of nitro groups is 1. The minimum absolute atomic E-state index is 0.0105. The number of nitrogens with zero attached hydrogens (tertiary/aromatic N) is 1. The predicted octanol–water partition coefficient (Wildman–Crippen LogP) is 3.02. The number of ether oxygens (including phenoxy) is 1. The number of para-hydroxylation sites is 1. The molecule has 2 rings (SSSR count). The predicted molar refractivity (Wildman–Crippen MR) is 110 cm³/mol. The number of hydrogen-bond donors (Lipinski definition) is 2. The molecule has 0 fully saturated rings. The first kappa shape index (κ1) is 22.5. The van der Waals surface area contributed by atoms with Gasteiger partial charge in [0.15, 0.2) is 5.78 Å². The van der Waals surface area contributed by atoms with Gasteiger partial charge in [-0.1, -0.05) is 12.1 Å². The van der Waals surface area contributed by atoms with Crippen LogP contribution in [0, 0.1) is 10.1 Å². The summed E-state index contributed by atoms with van der Waals surface area (Å²) in [6.45, 7) is 3.43. The summed E-state index contributed by atoms with van der Waals surface area (Å²) < 4.78 is 4.83. The van der Waals surface area contributed by atoms with E-state index in [-0.39, 0.29) is 31.0 Å². The molecule has 0 bridgehead atoms. The fraction of sp³-hybridized carbons (Fsp3) is 0.286. The van der Waals surface area contributed by atoms with Gasteiger partial charge in [0.05, 0.1) is 18.0 Å². The van der Waals surface area contributed by atoms with Gasteiger partial charge in [-0.3, -0.25) is 24.5 Å². The van der Waals surface area contributed by atoms with Crippen molar-refractivity contribution >= 4 is 29.0 Å². The van der Waals surface area contributed by atoms with Gasteiger partial charge in [-0.05, 0) is 43.7 Å². The zero-order valence-electron chi connectivity index (χ0n) is 16.7. The molecule has 0 aliphatic rings. The second kappa shape index (κ2) is 10.7. The molecule has 0 aliphatic heterocycles. The summed E-state index contributed by atoms with van der Waals surface area (Å²) in [5, 5.41) is 16.6. The Labute approximate surface area is 173 Å². The Balaban J connectivity index is 2.26. The quantitative estimate of drug-likeness (QED) is 0.265. The van der Waals surface area contributed by atoms with Gasteiger partial charge in [0.25, 0.3) is 5.69 Å². The normalized spacial score (nSPS) is 11.3. The van der Waals surface area contributed by atoms with Crippen LogP contribution < -0.4 is 10.6 Å². The van der Waals surface area contributed by atoms with Crippen LogP contribution in [0.4, 0.5) is 11.4 Å². The average Bonchev–Trinajstić information content (AvgIpc) is 2.72. The summed E-state index contributed by atoms with van der Waals surface area (Å²) in [6, 6.07) is 11.3. The molecule has 0 aromatic heterocycles. The van der Waals surface area contributed by atoms with Gasteiger partial charge in [-0.2, -0.15) is 0 Å². The molecule has 0 saturated carbocycles. The molecular weight excluding hydrogens is 390 g/mol. The second-order valence-corrected chi connectivity index (χ2v) is 6.37. The SMILES string of the molecule is CCOC(=O)CCNC(=O)C(Nc1ccccc1C(C)=O)c1ccc([N+](=O)[O-])cc1. The van der Waals surface area contributed by atoms with Gasteiger partial charge in [0, 0.05) is 29.9 Å². The Bertz CT molecular complexity index is 927. The largest absolute Gasteiger partial charge is 0.466 e. The van der Waals surface area contributed by atoms with Gasteiger partial charge in [-0.15, -0.1) is 0 Å². The highest BCUT2D eigenvalue weighted by molar-refractivity contribution is 6.00. The Morgan fingerprint density at radius 3 is 2.37 bits per heavy atom. The molecule has 0 spiro atoms. The van der Waals surface area contributed by atoms with E-state index in [9.17, 15) is 24.5 Å². The maximum atomic E-state index is 12.8. The number of nitro benzene ring substituents is 1. The van der Waals surface area contributed by atoms with Gasteiger partial charge < -0.3 is 15.4 Å². The van der Waals surface area contributed by atoms with Crippen molar-refractivity contribution in [1.29, 1.82) is 0 Å². The summed E-state index contributed by atoms with van der Waals surface area (Å²) >= 11 is 0. The monoisotopic (exact) mass is 413 g/mol. The van der Waals surface area contributed by atoms with E-state index in [1.54, 1.807) is 31.2 Å². The van der Waals surface area contributed by atoms with Crippen molar-refractivity contribution in [3.05, 3.63) is 69.8 Å². The number of carbonyl (C=O) groups is 3. The molecule has 9 nitrogen and oxygen atoms in total. The van der Waals surface area contributed by atoms with Crippen molar-refractivity contribution in [2.45, 2.75) is 26.3 Å². The Kier molecular flexibility index (Phi) is 8.04. The highest BCUT2D eigenvalue weighted by Crippen LogP contribution is 2.25. The third-order valence-corrected chi connectivity index (χ3v) is 4.24. The Morgan fingerprint density at radius 1 is 1.10 bits per heavy atom. The molecule has 9 heteroatoms. The number of anilines is 1. The van der Waals surface area contributed by atoms with Crippen LogP contribution in [0.25, 0.3) is 0 Å². The molecule has 2 aromatic rings. The molecule has 1 amide bonds. The number of ketones is 1. The summed E-state index contributed by atoms with van der Waals surface area (Å²) in [5.41, 5.74) is 1.22. The molecule has 0 aliphatic carbocycles. The number of nitrogens with one attached hydrogen (secondary N) is 2. The lowest BCUT2D eigenvalue weighted by Crippen LogP contribution is -2.35. The zero-order chi connectivity index (χ0) is 22.1. The molecule has 1 unspecified atom stereocenters. The van der Waals surface area contributed by atoms with E-state index >= 15 is 0 Å². The van der Waals surface area contributed by atoms with Crippen molar-refractivity contribution in [1.82, 2.24) is 5.32 Å². The zero-order valence-corrected chi connectivity index (χ0v) is 16.7. The van der Waals surface area contributed by atoms with E-state index in [0.29, 0.717) is 16.8 Å². The molecule has 158 valence electrons. The van der Waals surface area contributed by atoms with Crippen molar-refractivity contribution < 1.29 is 24.0 Å². The van der Waals surface area contributed by atoms with E-state index in [1.807, 2.05) is 0 Å².